The summed E-state index contributed by atoms with van der Waals surface area (Å²) in [5, 5.41) is 2.68. The van der Waals surface area contributed by atoms with Crippen molar-refractivity contribution in [2.45, 2.75) is 6.92 Å². The van der Waals surface area contributed by atoms with E-state index in [-0.39, 0.29) is 5.56 Å². The third-order valence-corrected chi connectivity index (χ3v) is 4.19. The van der Waals surface area contributed by atoms with Crippen molar-refractivity contribution in [3.05, 3.63) is 83.8 Å². The molecule has 0 saturated carbocycles. The molecule has 0 aliphatic carbocycles. The molecule has 0 atom stereocenters. The smallest absolute Gasteiger partial charge is 0.258 e. The second kappa shape index (κ2) is 6.60. The van der Waals surface area contributed by atoms with Crippen molar-refractivity contribution in [2.24, 2.45) is 0 Å². The molecule has 0 spiro atoms. The van der Waals surface area contributed by atoms with Gasteiger partial charge in [-0.25, -0.2) is 18.7 Å². The minimum Gasteiger partial charge on any atom is -0.322 e. The molecular weight excluding hydrogens is 350 g/mol. The number of aryl methyl sites for hydroxylation is 1. The largest absolute Gasteiger partial charge is 0.322 e. The number of hydrogen-bond acceptors (Lipinski definition) is 3. The van der Waals surface area contributed by atoms with Crippen LogP contribution in [0.5, 0.6) is 0 Å². The van der Waals surface area contributed by atoms with Gasteiger partial charge in [-0.2, -0.15) is 0 Å². The van der Waals surface area contributed by atoms with E-state index in [1.54, 1.807) is 22.7 Å². The van der Waals surface area contributed by atoms with Gasteiger partial charge in [0.1, 0.15) is 11.6 Å². The quantitative estimate of drug-likeness (QED) is 0.592. The van der Waals surface area contributed by atoms with Crippen LogP contribution in [0.3, 0.4) is 0 Å². The van der Waals surface area contributed by atoms with Crippen LogP contribution in [0, 0.1) is 18.6 Å². The maximum absolute atomic E-state index is 13.8. The minimum absolute atomic E-state index is 0.224. The van der Waals surface area contributed by atoms with Gasteiger partial charge in [0.15, 0.2) is 0 Å². The fourth-order valence-electron chi connectivity index (χ4n) is 2.75. The fourth-order valence-corrected chi connectivity index (χ4v) is 2.75. The number of rotatable bonds is 3. The molecule has 1 amide bonds. The summed E-state index contributed by atoms with van der Waals surface area (Å²) in [7, 11) is 0. The first kappa shape index (κ1) is 16.8. The third kappa shape index (κ3) is 3.27. The average Bonchev–Trinajstić information content (AvgIpc) is 3.07. The summed E-state index contributed by atoms with van der Waals surface area (Å²) in [5.41, 5.74) is 2.57. The van der Waals surface area contributed by atoms with Crippen LogP contribution >= 0.6 is 0 Å². The van der Waals surface area contributed by atoms with Gasteiger partial charge >= 0.3 is 0 Å². The predicted molar refractivity (Wildman–Crippen MR) is 97.5 cm³/mol. The molecule has 134 valence electrons. The number of nitrogens with one attached hydrogen (secondary N) is 1. The number of aromatic nitrogens is 3. The van der Waals surface area contributed by atoms with Crippen LogP contribution in [0.2, 0.25) is 0 Å². The molecule has 0 saturated heterocycles. The summed E-state index contributed by atoms with van der Waals surface area (Å²) in [6.07, 6.45) is 5.33. The Bertz CT molecular complexity index is 1140. The molecule has 4 rings (SSSR count). The highest BCUT2D eigenvalue weighted by molar-refractivity contribution is 6.05. The molecule has 2 aromatic carbocycles. The van der Waals surface area contributed by atoms with E-state index >= 15 is 0 Å². The maximum atomic E-state index is 13.8. The Morgan fingerprint density at radius 2 is 2.00 bits per heavy atom. The molecule has 0 unspecified atom stereocenters. The Balaban J connectivity index is 1.67. The zero-order chi connectivity index (χ0) is 19.0. The molecule has 0 bridgehead atoms. The van der Waals surface area contributed by atoms with Crippen LogP contribution in [0.25, 0.3) is 17.0 Å². The van der Waals surface area contributed by atoms with Gasteiger partial charge in [0.05, 0.1) is 11.3 Å². The lowest BCUT2D eigenvalue weighted by molar-refractivity contribution is 0.102. The van der Waals surface area contributed by atoms with Gasteiger partial charge in [-0.05, 0) is 36.8 Å². The summed E-state index contributed by atoms with van der Waals surface area (Å²) in [4.78, 5) is 21.0. The Labute approximate surface area is 153 Å². The van der Waals surface area contributed by atoms with E-state index in [1.165, 1.54) is 0 Å². The topological polar surface area (TPSA) is 59.3 Å². The number of fused-ring (bicyclic) bond motifs is 1. The average molecular weight is 364 g/mol. The molecule has 0 radical (unpaired) electrons. The molecule has 5 nitrogen and oxygen atoms in total. The predicted octanol–water partition coefficient (Wildman–Crippen LogP) is 4.24. The zero-order valence-corrected chi connectivity index (χ0v) is 14.3. The number of benzene rings is 2. The molecule has 0 aliphatic heterocycles. The fraction of sp³-hybridized carbons (Fsp3) is 0.0500. The van der Waals surface area contributed by atoms with E-state index in [4.69, 9.17) is 0 Å². The normalized spacial score (nSPS) is 10.9. The molecular formula is C20H14F2N4O. The van der Waals surface area contributed by atoms with Crippen molar-refractivity contribution < 1.29 is 13.6 Å². The minimum atomic E-state index is -0.910. The van der Waals surface area contributed by atoms with Crippen molar-refractivity contribution in [1.82, 2.24) is 14.4 Å². The lowest BCUT2D eigenvalue weighted by Crippen LogP contribution is -2.14. The van der Waals surface area contributed by atoms with Crippen LogP contribution < -0.4 is 5.32 Å². The van der Waals surface area contributed by atoms with E-state index in [9.17, 15) is 13.6 Å². The lowest BCUT2D eigenvalue weighted by Gasteiger charge is -2.10. The molecule has 0 fully saturated rings. The van der Waals surface area contributed by atoms with Gasteiger partial charge in [0.2, 0.25) is 5.78 Å². The number of carbonyl (C=O) groups excluding carboxylic acids is 1. The molecule has 4 aromatic rings. The van der Waals surface area contributed by atoms with E-state index in [1.807, 2.05) is 31.5 Å². The SMILES string of the molecule is Cc1ccc(-c2cn3cccnc3n2)cc1NC(=O)c1ccc(F)cc1F. The summed E-state index contributed by atoms with van der Waals surface area (Å²) >= 11 is 0. The first-order valence-corrected chi connectivity index (χ1v) is 8.18. The first-order chi connectivity index (χ1) is 13.0. The van der Waals surface area contributed by atoms with Crippen LogP contribution in [0.15, 0.2) is 61.1 Å². The van der Waals surface area contributed by atoms with Gasteiger partial charge < -0.3 is 5.32 Å². The number of hydrogen-bond donors (Lipinski definition) is 1. The van der Waals surface area contributed by atoms with Crippen LogP contribution in [0.1, 0.15) is 15.9 Å². The number of nitrogens with zero attached hydrogens (tertiary/aromatic N) is 3. The monoisotopic (exact) mass is 364 g/mol. The summed E-state index contributed by atoms with van der Waals surface area (Å²) in [5.74, 6) is -1.73. The Morgan fingerprint density at radius 1 is 1.15 bits per heavy atom. The van der Waals surface area contributed by atoms with Gasteiger partial charge in [-0.15, -0.1) is 0 Å². The highest BCUT2D eigenvalue weighted by atomic mass is 19.1. The second-order valence-corrected chi connectivity index (χ2v) is 6.06. The van der Waals surface area contributed by atoms with Crippen molar-refractivity contribution >= 4 is 17.4 Å². The zero-order valence-electron chi connectivity index (χ0n) is 14.3. The lowest BCUT2D eigenvalue weighted by atomic mass is 10.1. The third-order valence-electron chi connectivity index (χ3n) is 4.19. The number of amides is 1. The summed E-state index contributed by atoms with van der Waals surface area (Å²) in [6, 6.07) is 10.1. The van der Waals surface area contributed by atoms with Crippen molar-refractivity contribution in [2.75, 3.05) is 5.32 Å². The van der Waals surface area contributed by atoms with E-state index < -0.39 is 17.5 Å². The van der Waals surface area contributed by atoms with Gasteiger partial charge in [-0.3, -0.25) is 9.20 Å². The Kier molecular flexibility index (Phi) is 4.12. The van der Waals surface area contributed by atoms with Gasteiger partial charge in [-0.1, -0.05) is 12.1 Å². The molecule has 7 heteroatoms. The van der Waals surface area contributed by atoms with Crippen molar-refractivity contribution in [3.8, 4) is 11.3 Å². The van der Waals surface area contributed by atoms with E-state index in [0.29, 0.717) is 23.2 Å². The van der Waals surface area contributed by atoms with Gasteiger partial charge in [0, 0.05) is 35.9 Å². The van der Waals surface area contributed by atoms with Crippen LogP contribution in [-0.2, 0) is 0 Å². The molecule has 1 N–H and O–H groups in total. The Hall–Kier alpha value is -3.61. The summed E-state index contributed by atoms with van der Waals surface area (Å²) < 4.78 is 28.7. The van der Waals surface area contributed by atoms with Crippen LogP contribution in [-0.4, -0.2) is 20.3 Å². The maximum Gasteiger partial charge on any atom is 0.258 e. The van der Waals surface area contributed by atoms with Gasteiger partial charge in [0.25, 0.3) is 5.91 Å². The highest BCUT2D eigenvalue weighted by Crippen LogP contribution is 2.25. The molecule has 2 heterocycles. The van der Waals surface area contributed by atoms with Crippen molar-refractivity contribution in [1.29, 1.82) is 0 Å². The number of imidazole rings is 1. The standard InChI is InChI=1S/C20H14F2N4O/c1-12-3-4-13(18-11-26-8-2-7-23-20(26)25-18)9-17(12)24-19(27)15-6-5-14(21)10-16(15)22/h2-11H,1H3,(H,24,27). The highest BCUT2D eigenvalue weighted by Gasteiger charge is 2.15. The molecule has 27 heavy (non-hydrogen) atoms. The number of halogens is 2. The van der Waals surface area contributed by atoms with E-state index in [2.05, 4.69) is 15.3 Å². The summed E-state index contributed by atoms with van der Waals surface area (Å²) in [6.45, 7) is 1.83. The van der Waals surface area contributed by atoms with Crippen LogP contribution in [0.4, 0.5) is 14.5 Å². The number of anilines is 1. The first-order valence-electron chi connectivity index (χ1n) is 8.18. The van der Waals surface area contributed by atoms with Crippen molar-refractivity contribution in [3.63, 3.8) is 0 Å². The molecule has 0 aliphatic rings. The number of carbonyl (C=O) groups is 1. The van der Waals surface area contributed by atoms with E-state index in [0.717, 1.165) is 23.3 Å². The second-order valence-electron chi connectivity index (χ2n) is 6.06. The Morgan fingerprint density at radius 3 is 2.78 bits per heavy atom. The molecule has 2 aromatic heterocycles.